The molecule has 1 rings (SSSR count). The van der Waals surface area contributed by atoms with Crippen molar-refractivity contribution in [1.29, 1.82) is 0 Å². The normalized spacial score (nSPS) is 11.6. The molecule has 1 aromatic carbocycles. The summed E-state index contributed by atoms with van der Waals surface area (Å²) < 4.78 is 0. The number of phenolic OH excluding ortho intramolecular Hbond substituents is 2. The lowest BCUT2D eigenvalue weighted by Crippen LogP contribution is -2.26. The molecule has 0 amide bonds. The Morgan fingerprint density at radius 2 is 0.958 bits per heavy atom. The van der Waals surface area contributed by atoms with Crippen molar-refractivity contribution in [3.8, 4) is 11.5 Å². The van der Waals surface area contributed by atoms with Crippen LogP contribution in [0.15, 0.2) is 12.1 Å². The summed E-state index contributed by atoms with van der Waals surface area (Å²) in [5.74, 6) is 0.400. The van der Waals surface area contributed by atoms with Gasteiger partial charge < -0.3 is 10.2 Å². The minimum Gasteiger partial charge on any atom is -0.507 e. The minimum absolute atomic E-state index is 0.200. The van der Waals surface area contributed by atoms with Crippen molar-refractivity contribution in [2.45, 2.75) is 66.5 Å². The van der Waals surface area contributed by atoms with Crippen LogP contribution in [0.4, 0.5) is 0 Å². The largest absolute Gasteiger partial charge is 0.507 e. The van der Waals surface area contributed by atoms with E-state index in [1.165, 1.54) is 6.07 Å². The first-order valence-electron chi connectivity index (χ1n) is 9.53. The Morgan fingerprint density at radius 1 is 0.625 bits per heavy atom. The second kappa shape index (κ2) is 11.3. The van der Waals surface area contributed by atoms with E-state index < -0.39 is 0 Å². The van der Waals surface area contributed by atoms with E-state index in [4.69, 9.17) is 0 Å². The lowest BCUT2D eigenvalue weighted by Gasteiger charge is -2.24. The van der Waals surface area contributed by atoms with Gasteiger partial charge in [-0.25, -0.2) is 0 Å². The molecule has 24 heavy (non-hydrogen) atoms. The summed E-state index contributed by atoms with van der Waals surface area (Å²) in [7, 11) is 0. The molecule has 0 aliphatic carbocycles. The lowest BCUT2D eigenvalue weighted by molar-refractivity contribution is 0.257. The predicted molar refractivity (Wildman–Crippen MR) is 101 cm³/mol. The van der Waals surface area contributed by atoms with Gasteiger partial charge in [-0.3, -0.25) is 9.80 Å². The highest BCUT2D eigenvalue weighted by Gasteiger charge is 2.14. The third-order valence-corrected chi connectivity index (χ3v) is 4.23. The maximum Gasteiger partial charge on any atom is 0.123 e. The monoisotopic (exact) mass is 336 g/mol. The molecule has 4 heteroatoms. The molecule has 138 valence electrons. The van der Waals surface area contributed by atoms with Crippen molar-refractivity contribution in [1.82, 2.24) is 9.80 Å². The van der Waals surface area contributed by atoms with E-state index in [2.05, 4.69) is 37.5 Å². The first kappa shape index (κ1) is 20.8. The Morgan fingerprint density at radius 3 is 1.25 bits per heavy atom. The summed E-state index contributed by atoms with van der Waals surface area (Å²) in [6.45, 7) is 14.3. The molecule has 2 N–H and O–H groups in total. The standard InChI is InChI=1S/C20H36N2O2/c1-5-9-21(10-6-2)15-17-13-18(20(24)14-19(17)23)16-22(11-7-3)12-8-4/h13-14,23-24H,5-12,15-16H2,1-4H3. The van der Waals surface area contributed by atoms with Crippen LogP contribution in [-0.4, -0.2) is 46.2 Å². The van der Waals surface area contributed by atoms with Gasteiger partial charge in [0.15, 0.2) is 0 Å². The van der Waals surface area contributed by atoms with Crippen LogP contribution in [0.5, 0.6) is 11.5 Å². The van der Waals surface area contributed by atoms with Gasteiger partial charge in [-0.15, -0.1) is 0 Å². The van der Waals surface area contributed by atoms with E-state index in [0.717, 1.165) is 76.1 Å². The Balaban J connectivity index is 2.94. The van der Waals surface area contributed by atoms with Crippen LogP contribution in [0.1, 0.15) is 64.5 Å². The fourth-order valence-corrected chi connectivity index (χ4v) is 3.21. The maximum absolute atomic E-state index is 10.2. The summed E-state index contributed by atoms with van der Waals surface area (Å²) in [4.78, 5) is 4.73. The molecule has 0 saturated carbocycles. The Hall–Kier alpha value is -1.26. The molecule has 0 atom stereocenters. The SMILES string of the molecule is CCCN(CCC)Cc1cc(CN(CCC)CCC)c(O)cc1O. The van der Waals surface area contributed by atoms with Gasteiger partial charge in [0.25, 0.3) is 0 Å². The van der Waals surface area contributed by atoms with Crippen LogP contribution in [0.3, 0.4) is 0 Å². The highest BCUT2D eigenvalue weighted by Crippen LogP contribution is 2.29. The lowest BCUT2D eigenvalue weighted by atomic mass is 10.1. The van der Waals surface area contributed by atoms with Gasteiger partial charge >= 0.3 is 0 Å². The maximum atomic E-state index is 10.2. The van der Waals surface area contributed by atoms with Crippen molar-refractivity contribution in [2.24, 2.45) is 0 Å². The number of rotatable bonds is 12. The highest BCUT2D eigenvalue weighted by molar-refractivity contribution is 5.45. The van der Waals surface area contributed by atoms with Crippen molar-refractivity contribution in [2.75, 3.05) is 26.2 Å². The van der Waals surface area contributed by atoms with Gasteiger partial charge in [-0.05, 0) is 57.9 Å². The summed E-state index contributed by atoms with van der Waals surface area (Å²) in [5, 5.41) is 20.5. The molecule has 0 fully saturated rings. The first-order valence-corrected chi connectivity index (χ1v) is 9.53. The van der Waals surface area contributed by atoms with E-state index in [0.29, 0.717) is 0 Å². The van der Waals surface area contributed by atoms with Crippen molar-refractivity contribution in [3.63, 3.8) is 0 Å². The van der Waals surface area contributed by atoms with Crippen LogP contribution in [0.25, 0.3) is 0 Å². The molecule has 0 bridgehead atoms. The Bertz CT molecular complexity index is 426. The molecule has 0 aliphatic heterocycles. The fourth-order valence-electron chi connectivity index (χ4n) is 3.21. The van der Waals surface area contributed by atoms with Gasteiger partial charge in [-0.2, -0.15) is 0 Å². The molecular weight excluding hydrogens is 300 g/mol. The highest BCUT2D eigenvalue weighted by atomic mass is 16.3. The summed E-state index contributed by atoms with van der Waals surface area (Å²) in [5.41, 5.74) is 1.83. The van der Waals surface area contributed by atoms with Gasteiger partial charge in [0.05, 0.1) is 0 Å². The summed E-state index contributed by atoms with van der Waals surface area (Å²) >= 11 is 0. The average molecular weight is 337 g/mol. The third-order valence-electron chi connectivity index (χ3n) is 4.23. The van der Waals surface area contributed by atoms with Crippen LogP contribution in [-0.2, 0) is 13.1 Å². The molecule has 1 aromatic rings. The van der Waals surface area contributed by atoms with Crippen LogP contribution in [0.2, 0.25) is 0 Å². The van der Waals surface area contributed by atoms with E-state index >= 15 is 0 Å². The Kier molecular flexibility index (Phi) is 9.80. The van der Waals surface area contributed by atoms with E-state index in [-0.39, 0.29) is 11.5 Å². The average Bonchev–Trinajstić information content (AvgIpc) is 2.53. The van der Waals surface area contributed by atoms with Crippen LogP contribution >= 0.6 is 0 Å². The molecule has 0 spiro atoms. The molecule has 0 aromatic heterocycles. The third kappa shape index (κ3) is 6.70. The van der Waals surface area contributed by atoms with Crippen molar-refractivity contribution in [3.05, 3.63) is 23.3 Å². The summed E-state index contributed by atoms with van der Waals surface area (Å²) in [6.07, 6.45) is 4.41. The molecule has 0 unspecified atom stereocenters. The zero-order valence-electron chi connectivity index (χ0n) is 16.0. The zero-order chi connectivity index (χ0) is 17.9. The van der Waals surface area contributed by atoms with Crippen LogP contribution < -0.4 is 0 Å². The number of hydrogen-bond donors (Lipinski definition) is 2. The fraction of sp³-hybridized carbons (Fsp3) is 0.700. The quantitative estimate of drug-likeness (QED) is 0.596. The smallest absolute Gasteiger partial charge is 0.123 e. The molecule has 0 saturated heterocycles. The van der Waals surface area contributed by atoms with E-state index in [9.17, 15) is 10.2 Å². The molecule has 4 nitrogen and oxygen atoms in total. The van der Waals surface area contributed by atoms with E-state index in [1.54, 1.807) is 0 Å². The number of nitrogens with zero attached hydrogens (tertiary/aromatic N) is 2. The minimum atomic E-state index is 0.200. The number of phenols is 2. The zero-order valence-corrected chi connectivity index (χ0v) is 16.0. The number of hydrogen-bond acceptors (Lipinski definition) is 4. The molecule has 0 heterocycles. The van der Waals surface area contributed by atoms with Gasteiger partial charge in [-0.1, -0.05) is 27.7 Å². The number of benzene rings is 1. The second-order valence-corrected chi connectivity index (χ2v) is 6.66. The van der Waals surface area contributed by atoms with Crippen molar-refractivity contribution >= 4 is 0 Å². The van der Waals surface area contributed by atoms with Crippen LogP contribution in [0, 0.1) is 0 Å². The number of aromatic hydroxyl groups is 2. The van der Waals surface area contributed by atoms with Crippen molar-refractivity contribution < 1.29 is 10.2 Å². The first-order chi connectivity index (χ1) is 11.5. The molecule has 0 radical (unpaired) electrons. The van der Waals surface area contributed by atoms with E-state index in [1.807, 2.05) is 6.07 Å². The van der Waals surface area contributed by atoms with Gasteiger partial charge in [0.2, 0.25) is 0 Å². The second-order valence-electron chi connectivity index (χ2n) is 6.66. The van der Waals surface area contributed by atoms with Gasteiger partial charge in [0.1, 0.15) is 11.5 Å². The topological polar surface area (TPSA) is 46.9 Å². The molecule has 0 aliphatic rings. The summed E-state index contributed by atoms with van der Waals surface area (Å²) in [6, 6.07) is 3.50. The van der Waals surface area contributed by atoms with Gasteiger partial charge in [0, 0.05) is 30.3 Å². The Labute approximate surface area is 148 Å². The molecular formula is C20H36N2O2. The predicted octanol–water partition coefficient (Wildman–Crippen LogP) is 4.34.